The Morgan fingerprint density at radius 1 is 0.947 bits per heavy atom. The van der Waals surface area contributed by atoms with E-state index in [1.807, 2.05) is 0 Å². The summed E-state index contributed by atoms with van der Waals surface area (Å²) < 4.78 is 62.3. The van der Waals surface area contributed by atoms with Gasteiger partial charge in [0.05, 0.1) is 9.80 Å². The Labute approximate surface area is 110 Å². The molecule has 0 saturated carbocycles. The lowest BCUT2D eigenvalue weighted by Gasteiger charge is -2.19. The molecule has 104 valence electrons. The van der Waals surface area contributed by atoms with Crippen LogP contribution in [-0.4, -0.2) is 25.9 Å². The van der Waals surface area contributed by atoms with E-state index in [4.69, 9.17) is 14.8 Å². The Morgan fingerprint density at radius 3 is 2.11 bits per heavy atom. The zero-order valence-corrected chi connectivity index (χ0v) is 11.2. The first-order valence-corrected chi connectivity index (χ1v) is 8.01. The van der Waals surface area contributed by atoms with E-state index in [2.05, 4.69) is 0 Å². The number of fused-ring (bicyclic) bond motifs is 1. The second kappa shape index (κ2) is 4.30. The van der Waals surface area contributed by atoms with Crippen molar-refractivity contribution < 1.29 is 25.9 Å². The number of benzene rings is 1. The highest BCUT2D eigenvalue weighted by Gasteiger charge is 2.25. The molecule has 19 heavy (non-hydrogen) atoms. The van der Waals surface area contributed by atoms with Gasteiger partial charge in [0.25, 0.3) is 20.2 Å². The summed E-state index contributed by atoms with van der Waals surface area (Å²) in [5.41, 5.74) is 6.64. The average Bonchev–Trinajstić information content (AvgIpc) is 2.24. The third-order valence-electron chi connectivity index (χ3n) is 2.88. The highest BCUT2D eigenvalue weighted by molar-refractivity contribution is 7.89. The molecular weight excluding hydrogens is 294 g/mol. The van der Waals surface area contributed by atoms with Gasteiger partial charge in [-0.1, -0.05) is 6.07 Å². The fourth-order valence-electron chi connectivity index (χ4n) is 1.95. The van der Waals surface area contributed by atoms with Crippen LogP contribution in [0.15, 0.2) is 33.7 Å². The fraction of sp³-hybridized carbons (Fsp3) is 0.200. The molecule has 0 saturated heterocycles. The molecule has 0 unspecified atom stereocenters. The summed E-state index contributed by atoms with van der Waals surface area (Å²) >= 11 is 0. The smallest absolute Gasteiger partial charge is 0.294 e. The van der Waals surface area contributed by atoms with E-state index in [1.54, 1.807) is 0 Å². The minimum absolute atomic E-state index is 0.0228. The summed E-state index contributed by atoms with van der Waals surface area (Å²) in [6, 6.07) is 3.83. The number of hydrogen-bond acceptors (Lipinski definition) is 5. The number of allylic oxidation sites excluding steroid dienone is 2. The second-order valence-corrected chi connectivity index (χ2v) is 7.05. The molecule has 0 amide bonds. The molecule has 0 aromatic heterocycles. The van der Waals surface area contributed by atoms with Gasteiger partial charge in [-0.2, -0.15) is 16.8 Å². The lowest BCUT2D eigenvalue weighted by Crippen LogP contribution is -2.20. The van der Waals surface area contributed by atoms with Crippen molar-refractivity contribution in [2.45, 2.75) is 17.7 Å². The van der Waals surface area contributed by atoms with Crippen LogP contribution in [0.1, 0.15) is 11.1 Å². The molecule has 9 heteroatoms. The monoisotopic (exact) mass is 305 g/mol. The molecule has 0 atom stereocenters. The topological polar surface area (TPSA) is 135 Å². The lowest BCUT2D eigenvalue weighted by molar-refractivity contribution is 0.483. The van der Waals surface area contributed by atoms with Crippen molar-refractivity contribution in [2.24, 2.45) is 5.73 Å². The maximum absolute atomic E-state index is 11.1. The summed E-state index contributed by atoms with van der Waals surface area (Å²) in [6.07, 6.45) is -0.112. The molecule has 0 aliphatic heterocycles. The molecule has 0 heterocycles. The summed E-state index contributed by atoms with van der Waals surface area (Å²) in [7, 11) is -8.79. The first-order valence-electron chi connectivity index (χ1n) is 5.13. The third-order valence-corrected chi connectivity index (χ3v) is 4.76. The Hall–Kier alpha value is -1.42. The largest absolute Gasteiger partial charge is 0.401 e. The summed E-state index contributed by atoms with van der Waals surface area (Å²) in [6.45, 7) is 0. The maximum Gasteiger partial charge on any atom is 0.294 e. The summed E-state index contributed by atoms with van der Waals surface area (Å²) in [5, 5.41) is 0. The molecule has 2 rings (SSSR count). The predicted molar refractivity (Wildman–Crippen MR) is 66.4 cm³/mol. The lowest BCUT2D eigenvalue weighted by atomic mass is 9.95. The quantitative estimate of drug-likeness (QED) is 0.659. The zero-order valence-electron chi connectivity index (χ0n) is 9.57. The maximum atomic E-state index is 11.1. The van der Waals surface area contributed by atoms with Crippen molar-refractivity contribution in [3.05, 3.63) is 39.9 Å². The first-order chi connectivity index (χ1) is 8.59. The van der Waals surface area contributed by atoms with Gasteiger partial charge in [0, 0.05) is 18.5 Å². The normalized spacial score (nSPS) is 16.3. The molecule has 0 radical (unpaired) electrons. The van der Waals surface area contributed by atoms with Gasteiger partial charge < -0.3 is 5.73 Å². The molecule has 0 bridgehead atoms. The van der Waals surface area contributed by atoms with Crippen molar-refractivity contribution in [3.8, 4) is 0 Å². The highest BCUT2D eigenvalue weighted by atomic mass is 32.2. The van der Waals surface area contributed by atoms with E-state index in [0.717, 1.165) is 0 Å². The Morgan fingerprint density at radius 2 is 1.58 bits per heavy atom. The van der Waals surface area contributed by atoms with Crippen molar-refractivity contribution in [3.63, 3.8) is 0 Å². The molecule has 1 aliphatic rings. The summed E-state index contributed by atoms with van der Waals surface area (Å²) in [4.78, 5) is -0.672. The molecule has 0 fully saturated rings. The van der Waals surface area contributed by atoms with Gasteiger partial charge in [0.15, 0.2) is 0 Å². The molecule has 1 aliphatic carbocycles. The molecule has 0 spiro atoms. The molecule has 7 nitrogen and oxygen atoms in total. The van der Waals surface area contributed by atoms with Gasteiger partial charge >= 0.3 is 0 Å². The minimum Gasteiger partial charge on any atom is -0.401 e. The van der Waals surface area contributed by atoms with Gasteiger partial charge in [-0.05, 0) is 23.3 Å². The Kier molecular flexibility index (Phi) is 3.17. The van der Waals surface area contributed by atoms with E-state index in [1.165, 1.54) is 18.2 Å². The zero-order chi connectivity index (χ0) is 14.4. The van der Waals surface area contributed by atoms with Crippen LogP contribution in [0.4, 0.5) is 0 Å². The van der Waals surface area contributed by atoms with E-state index < -0.39 is 20.2 Å². The van der Waals surface area contributed by atoms with E-state index in [-0.39, 0.29) is 28.3 Å². The van der Waals surface area contributed by atoms with Crippen molar-refractivity contribution in [1.29, 1.82) is 0 Å². The SMILES string of the molecule is NC1=C(S(=O)(=O)O)Cc2cc(S(=O)(=O)O)ccc2C1. The first kappa shape index (κ1) is 14.0. The average molecular weight is 305 g/mol. The second-order valence-electron chi connectivity index (χ2n) is 4.18. The van der Waals surface area contributed by atoms with Crippen molar-refractivity contribution >= 4 is 20.2 Å². The fourth-order valence-corrected chi connectivity index (χ4v) is 3.22. The van der Waals surface area contributed by atoms with Gasteiger partial charge in [-0.3, -0.25) is 9.11 Å². The Balaban J connectivity index is 2.54. The van der Waals surface area contributed by atoms with Crippen LogP contribution in [0.3, 0.4) is 0 Å². The van der Waals surface area contributed by atoms with Crippen LogP contribution in [0.25, 0.3) is 0 Å². The summed E-state index contributed by atoms with van der Waals surface area (Å²) in [5.74, 6) is 0. The van der Waals surface area contributed by atoms with Crippen LogP contribution in [-0.2, 0) is 33.1 Å². The van der Waals surface area contributed by atoms with Gasteiger partial charge in [0.2, 0.25) is 0 Å². The molecule has 4 N–H and O–H groups in total. The molecule has 1 aromatic rings. The van der Waals surface area contributed by atoms with Crippen molar-refractivity contribution in [1.82, 2.24) is 0 Å². The van der Waals surface area contributed by atoms with Crippen LogP contribution >= 0.6 is 0 Å². The standard InChI is InChI=1S/C10H11NO6S2/c11-9-4-6-1-2-8(18(12,13)14)3-7(6)5-10(9)19(15,16)17/h1-3H,4-5,11H2,(H,12,13,14)(H,15,16,17). The van der Waals surface area contributed by atoms with Gasteiger partial charge in [0.1, 0.15) is 0 Å². The number of rotatable bonds is 2. The van der Waals surface area contributed by atoms with Crippen molar-refractivity contribution in [2.75, 3.05) is 0 Å². The van der Waals surface area contributed by atoms with E-state index in [0.29, 0.717) is 11.1 Å². The van der Waals surface area contributed by atoms with Crippen LogP contribution in [0, 0.1) is 0 Å². The molecule has 1 aromatic carbocycles. The van der Waals surface area contributed by atoms with E-state index in [9.17, 15) is 16.8 Å². The Bertz CT molecular complexity index is 776. The predicted octanol–water partition coefficient (Wildman–Crippen LogP) is 0.0900. The van der Waals surface area contributed by atoms with E-state index >= 15 is 0 Å². The van der Waals surface area contributed by atoms with Gasteiger partial charge in [-0.25, -0.2) is 0 Å². The molecular formula is C10H11NO6S2. The number of hydrogen-bond donors (Lipinski definition) is 3. The van der Waals surface area contributed by atoms with Crippen LogP contribution in [0.2, 0.25) is 0 Å². The highest BCUT2D eigenvalue weighted by Crippen LogP contribution is 2.28. The van der Waals surface area contributed by atoms with Crippen LogP contribution in [0.5, 0.6) is 0 Å². The van der Waals surface area contributed by atoms with Crippen LogP contribution < -0.4 is 5.73 Å². The van der Waals surface area contributed by atoms with Gasteiger partial charge in [-0.15, -0.1) is 0 Å². The number of nitrogens with two attached hydrogens (primary N) is 1. The minimum atomic E-state index is -4.42. The third kappa shape index (κ3) is 2.78.